The van der Waals surface area contributed by atoms with Gasteiger partial charge in [-0.15, -0.1) is 0 Å². The van der Waals surface area contributed by atoms with Crippen molar-refractivity contribution in [1.29, 1.82) is 0 Å². The summed E-state index contributed by atoms with van der Waals surface area (Å²) in [6.07, 6.45) is 39.1. The van der Waals surface area contributed by atoms with Crippen molar-refractivity contribution in [1.82, 2.24) is 0 Å². The zero-order chi connectivity index (χ0) is 59.3. The van der Waals surface area contributed by atoms with Gasteiger partial charge in [0, 0.05) is 45.1 Å². The van der Waals surface area contributed by atoms with E-state index in [4.69, 9.17) is 105 Å². The first-order valence-corrected chi connectivity index (χ1v) is 32.0. The van der Waals surface area contributed by atoms with Gasteiger partial charge in [-0.1, -0.05) is 263 Å². The Kier molecular flexibility index (Phi) is 43.3. The summed E-state index contributed by atoms with van der Waals surface area (Å²) in [5, 5.41) is 11.4. The molecule has 0 heterocycles. The monoisotopic (exact) mass is 1260 g/mol. The second-order valence-corrected chi connectivity index (χ2v) is 23.1. The Morgan fingerprint density at radius 1 is 0.358 bits per heavy atom. The Hall–Kier alpha value is -3.61. The van der Waals surface area contributed by atoms with Crippen LogP contribution in [0.1, 0.15) is 219 Å². The fraction of sp³-hybridized carbons (Fsp3) is 0.562. The quantitative estimate of drug-likeness (QED) is 0.0198. The molecule has 0 saturated carbocycles. The first-order valence-electron chi connectivity index (χ1n) is 29.4. The molecule has 0 aromatic heterocycles. The number of halogens is 7. The Morgan fingerprint density at radius 3 is 1.02 bits per heavy atom. The molecule has 0 unspecified atom stereocenters. The highest BCUT2D eigenvalue weighted by Crippen LogP contribution is 2.39. The Balaban J connectivity index is 0.000000461. The van der Waals surface area contributed by atoms with Crippen molar-refractivity contribution in [3.63, 3.8) is 0 Å². The molecule has 1 N–H and O–H groups in total. The summed E-state index contributed by atoms with van der Waals surface area (Å²) in [5.41, 5.74) is 0. The number of hydrogen-bond donors (Lipinski definition) is 1. The van der Waals surface area contributed by atoms with Crippen molar-refractivity contribution < 1.29 is 48.0 Å². The molecule has 4 aromatic rings. The summed E-state index contributed by atoms with van der Waals surface area (Å²) in [5.74, 6) is -0.190. The van der Waals surface area contributed by atoms with Gasteiger partial charge in [0.15, 0.2) is 36.2 Å². The third-order valence-corrected chi connectivity index (χ3v) is 14.6. The highest BCUT2D eigenvalue weighted by molar-refractivity contribution is 6.64. The van der Waals surface area contributed by atoms with E-state index in [-0.39, 0.29) is 42.0 Å². The zero-order valence-electron chi connectivity index (χ0n) is 47.7. The van der Waals surface area contributed by atoms with Gasteiger partial charge < -0.3 is 28.8 Å². The zero-order valence-corrected chi connectivity index (χ0v) is 53.0. The number of aromatic hydroxyl groups is 1. The van der Waals surface area contributed by atoms with Gasteiger partial charge in [-0.05, 0) is 85.1 Å². The van der Waals surface area contributed by atoms with Crippen molar-refractivity contribution >= 4 is 104 Å². The fourth-order valence-corrected chi connectivity index (χ4v) is 9.71. The van der Waals surface area contributed by atoms with E-state index in [1.54, 1.807) is 54.6 Å². The molecule has 10 nitrogen and oxygen atoms in total. The molecule has 0 amide bonds. The molecular formula is C64H87Cl7O10. The third-order valence-electron chi connectivity index (χ3n) is 12.9. The predicted molar refractivity (Wildman–Crippen MR) is 335 cm³/mol. The fourth-order valence-electron chi connectivity index (χ4n) is 8.43. The van der Waals surface area contributed by atoms with Crippen LogP contribution in [-0.2, 0) is 28.7 Å². The lowest BCUT2D eigenvalue weighted by Gasteiger charge is -2.13. The van der Waals surface area contributed by atoms with Crippen LogP contribution in [0.25, 0.3) is 0 Å². The van der Waals surface area contributed by atoms with E-state index in [9.17, 15) is 24.3 Å². The molecule has 81 heavy (non-hydrogen) atoms. The van der Waals surface area contributed by atoms with Crippen LogP contribution in [0.4, 0.5) is 0 Å². The van der Waals surface area contributed by atoms with Crippen LogP contribution >= 0.6 is 81.2 Å². The van der Waals surface area contributed by atoms with Gasteiger partial charge in [-0.2, -0.15) is 0 Å². The van der Waals surface area contributed by atoms with Crippen LogP contribution in [0.5, 0.6) is 34.5 Å². The lowest BCUT2D eigenvalue weighted by Crippen LogP contribution is -2.19. The summed E-state index contributed by atoms with van der Waals surface area (Å²) in [6.45, 7) is 3.72. The number of benzene rings is 4. The number of phenolic OH excluding ortho intramolecular Hbond substituents is 1. The molecule has 452 valence electrons. The van der Waals surface area contributed by atoms with Gasteiger partial charge >= 0.3 is 17.9 Å². The van der Waals surface area contributed by atoms with Crippen LogP contribution < -0.4 is 14.2 Å². The summed E-state index contributed by atoms with van der Waals surface area (Å²) < 4.78 is 26.4. The van der Waals surface area contributed by atoms with Crippen LogP contribution in [0.3, 0.4) is 0 Å². The molecule has 4 rings (SSSR count). The second kappa shape index (κ2) is 47.7. The number of carbonyl (C=O) groups is 4. The number of esters is 3. The summed E-state index contributed by atoms with van der Waals surface area (Å²) >= 11 is 40.7. The van der Waals surface area contributed by atoms with Gasteiger partial charge in [0.05, 0.1) is 10.0 Å². The molecule has 0 spiro atoms. The van der Waals surface area contributed by atoms with Crippen LogP contribution in [0.2, 0.25) is 30.1 Å². The Labute approximate surface area is 518 Å². The van der Waals surface area contributed by atoms with Crippen LogP contribution in [-0.4, -0.2) is 41.5 Å². The largest absolute Gasteiger partial charge is 0.504 e. The number of phenols is 1. The van der Waals surface area contributed by atoms with E-state index < -0.39 is 23.8 Å². The average molecular weight is 1260 g/mol. The van der Waals surface area contributed by atoms with E-state index in [0.29, 0.717) is 48.1 Å². The number of carbonyl (C=O) groups excluding carboxylic acids is 4. The summed E-state index contributed by atoms with van der Waals surface area (Å²) in [6, 6.07) is 18.7. The minimum atomic E-state index is -0.737. The van der Waals surface area contributed by atoms with Crippen molar-refractivity contribution in [2.75, 3.05) is 13.2 Å². The molecule has 0 radical (unpaired) electrons. The number of unbranched alkanes of at least 4 members (excludes halogenated alkanes) is 28. The van der Waals surface area contributed by atoms with Crippen molar-refractivity contribution in [2.24, 2.45) is 0 Å². The maximum atomic E-state index is 12.3. The van der Waals surface area contributed by atoms with E-state index in [1.807, 2.05) is 0 Å². The topological polar surface area (TPSA) is 135 Å². The van der Waals surface area contributed by atoms with E-state index in [0.717, 1.165) is 32.1 Å². The molecule has 0 fully saturated rings. The van der Waals surface area contributed by atoms with E-state index >= 15 is 0 Å². The van der Waals surface area contributed by atoms with Crippen molar-refractivity contribution in [2.45, 2.75) is 219 Å². The first-order chi connectivity index (χ1) is 39.1. The highest BCUT2D eigenvalue weighted by Gasteiger charge is 2.16. The van der Waals surface area contributed by atoms with Gasteiger partial charge in [0.1, 0.15) is 11.5 Å². The molecule has 0 aliphatic rings. The van der Waals surface area contributed by atoms with Gasteiger partial charge in [-0.25, -0.2) is 4.79 Å². The third kappa shape index (κ3) is 38.8. The summed E-state index contributed by atoms with van der Waals surface area (Å²) in [7, 11) is 0. The van der Waals surface area contributed by atoms with Gasteiger partial charge in [0.25, 0.3) is 5.24 Å². The van der Waals surface area contributed by atoms with Gasteiger partial charge in [-0.3, -0.25) is 14.4 Å². The van der Waals surface area contributed by atoms with Crippen molar-refractivity contribution in [3.8, 4) is 34.5 Å². The van der Waals surface area contributed by atoms with Gasteiger partial charge in [0.2, 0.25) is 0 Å². The number of ether oxygens (including phenoxy) is 5. The maximum Gasteiger partial charge on any atom is 0.349 e. The lowest BCUT2D eigenvalue weighted by atomic mass is 10.0. The second-order valence-electron chi connectivity index (χ2n) is 20.1. The average Bonchev–Trinajstić information content (AvgIpc) is 3.43. The molecule has 0 bridgehead atoms. The highest BCUT2D eigenvalue weighted by atomic mass is 35.5. The molecule has 0 saturated heterocycles. The predicted octanol–water partition coefficient (Wildman–Crippen LogP) is 22.9. The molecule has 17 heteroatoms. The first kappa shape index (κ1) is 73.5. The molecule has 0 atom stereocenters. The minimum absolute atomic E-state index is 0.0523. The minimum Gasteiger partial charge on any atom is -0.504 e. The molecular weight excluding hydrogens is 1180 g/mol. The smallest absolute Gasteiger partial charge is 0.349 e. The van der Waals surface area contributed by atoms with Crippen molar-refractivity contribution in [3.05, 3.63) is 103 Å². The van der Waals surface area contributed by atoms with E-state index in [2.05, 4.69) is 13.8 Å². The normalized spacial score (nSPS) is 10.7. The Morgan fingerprint density at radius 2 is 0.667 bits per heavy atom. The molecule has 0 aliphatic carbocycles. The number of rotatable bonds is 41. The lowest BCUT2D eigenvalue weighted by molar-refractivity contribution is -0.153. The Bertz CT molecular complexity index is 2320. The standard InChI is InChI=1S/C32H43Cl3O5.C20H37ClO3.C12H7Cl3O2/c1-2-3-4-5-6-7-8-9-10-11-12-13-14-15-16-17-31(36)38-24-32(37)40-30-23-26(34)19-21-29(30)39-28-20-18-25(33)22-27(28)35;1-2-3-4-5-6-7-8-9-10-11-12-13-14-15-16-17-20(23)24-18-19(21)22;13-7-1-3-11(9(15)5-7)17-12-4-2-8(14)6-10(12)16/h18-23H,2-17,24H2,1H3;2-18H2,1H3;1-6,16H. The maximum absolute atomic E-state index is 12.3. The number of hydrogen-bond acceptors (Lipinski definition) is 10. The van der Waals surface area contributed by atoms with Crippen LogP contribution in [0, 0.1) is 0 Å². The molecule has 4 aromatic carbocycles. The molecule has 0 aliphatic heterocycles. The summed E-state index contributed by atoms with van der Waals surface area (Å²) in [4.78, 5) is 46.1. The van der Waals surface area contributed by atoms with E-state index in [1.165, 1.54) is 179 Å². The van der Waals surface area contributed by atoms with Crippen LogP contribution in [0.15, 0.2) is 72.8 Å². The SMILES string of the molecule is CCCCCCCCCCCCCCCCCC(=O)OCC(=O)Cl.CCCCCCCCCCCCCCCCCC(=O)OCC(=O)Oc1cc(Cl)ccc1Oc1ccc(Cl)cc1Cl.Oc1cc(Cl)ccc1Oc1ccc(Cl)cc1Cl.